The average Bonchev–Trinajstić information content (AvgIpc) is 3.11. The number of halogens is 4. The van der Waals surface area contributed by atoms with Gasteiger partial charge in [-0.15, -0.1) is 0 Å². The van der Waals surface area contributed by atoms with Crippen LogP contribution in [-0.4, -0.2) is 23.5 Å². The summed E-state index contributed by atoms with van der Waals surface area (Å²) in [4.78, 5) is 23.5. The molecule has 1 amide bonds. The summed E-state index contributed by atoms with van der Waals surface area (Å²) in [5.74, 6) is -1.96. The third kappa shape index (κ3) is 1.78. The standard InChI is InChI=1S/C14H11ClF3NO3/c15-9-2-1-7(5-8(9)14(16,17)18)12-3-4-19-10(20)13(12,6-12)11(21)22/h1-2,5H,3-4,6H2,(H,19,20)(H,21,22)/t12-,13-/m0/s1. The first-order valence-corrected chi connectivity index (χ1v) is 6.92. The molecule has 2 N–H and O–H groups in total. The second-order valence-corrected chi connectivity index (χ2v) is 6.07. The summed E-state index contributed by atoms with van der Waals surface area (Å²) in [6.45, 7) is 0.234. The number of nitrogens with one attached hydrogen (secondary N) is 1. The van der Waals surface area contributed by atoms with Crippen LogP contribution in [0.15, 0.2) is 18.2 Å². The number of alkyl halides is 3. The number of carbonyl (C=O) groups excluding carboxylic acids is 1. The van der Waals surface area contributed by atoms with Gasteiger partial charge in [0.15, 0.2) is 5.41 Å². The van der Waals surface area contributed by atoms with E-state index in [1.165, 1.54) is 6.07 Å². The van der Waals surface area contributed by atoms with E-state index >= 15 is 0 Å². The maximum atomic E-state index is 13.0. The van der Waals surface area contributed by atoms with Crippen LogP contribution in [0.2, 0.25) is 5.02 Å². The predicted octanol–water partition coefficient (Wildman–Crippen LogP) is 2.59. The quantitative estimate of drug-likeness (QED) is 0.818. The highest BCUT2D eigenvalue weighted by molar-refractivity contribution is 6.31. The van der Waals surface area contributed by atoms with Crippen molar-refractivity contribution in [3.05, 3.63) is 34.3 Å². The van der Waals surface area contributed by atoms with Crippen molar-refractivity contribution >= 4 is 23.5 Å². The summed E-state index contributed by atoms with van der Waals surface area (Å²) < 4.78 is 39.0. The maximum Gasteiger partial charge on any atom is 0.417 e. The molecule has 1 saturated carbocycles. The summed E-state index contributed by atoms with van der Waals surface area (Å²) in [6.07, 6.45) is -4.36. The van der Waals surface area contributed by atoms with Gasteiger partial charge in [-0.05, 0) is 30.5 Å². The first-order chi connectivity index (χ1) is 10.1. The number of hydrogen-bond acceptors (Lipinski definition) is 2. The van der Waals surface area contributed by atoms with Crippen LogP contribution in [0.1, 0.15) is 24.0 Å². The van der Waals surface area contributed by atoms with E-state index in [0.717, 1.165) is 12.1 Å². The summed E-state index contributed by atoms with van der Waals surface area (Å²) in [5, 5.41) is 11.4. The number of amides is 1. The molecular formula is C14H11ClF3NO3. The van der Waals surface area contributed by atoms with Crippen LogP contribution >= 0.6 is 11.6 Å². The highest BCUT2D eigenvalue weighted by Crippen LogP contribution is 2.68. The number of aliphatic carboxylic acids is 1. The van der Waals surface area contributed by atoms with Crippen molar-refractivity contribution in [1.29, 1.82) is 0 Å². The van der Waals surface area contributed by atoms with Crippen molar-refractivity contribution < 1.29 is 27.9 Å². The molecule has 2 fully saturated rings. The van der Waals surface area contributed by atoms with E-state index in [4.69, 9.17) is 11.6 Å². The SMILES string of the molecule is O=C(O)[C@@]12C[C@]1(c1ccc(Cl)c(C(F)(F)F)c1)CCNC2=O. The molecule has 1 aliphatic carbocycles. The first kappa shape index (κ1) is 15.1. The molecule has 0 aromatic heterocycles. The van der Waals surface area contributed by atoms with Crippen LogP contribution in [0, 0.1) is 5.41 Å². The summed E-state index contributed by atoms with van der Waals surface area (Å²) in [7, 11) is 0. The number of fused-ring (bicyclic) bond motifs is 1. The van der Waals surface area contributed by atoms with Gasteiger partial charge in [0.25, 0.3) is 0 Å². The smallest absolute Gasteiger partial charge is 0.417 e. The maximum absolute atomic E-state index is 13.0. The lowest BCUT2D eigenvalue weighted by molar-refractivity contribution is -0.151. The number of piperidine rings is 1. The molecule has 0 bridgehead atoms. The van der Waals surface area contributed by atoms with Gasteiger partial charge >= 0.3 is 12.1 Å². The van der Waals surface area contributed by atoms with Gasteiger partial charge in [-0.1, -0.05) is 17.7 Å². The molecule has 8 heteroatoms. The van der Waals surface area contributed by atoms with E-state index < -0.39 is 39.5 Å². The zero-order chi connectivity index (χ0) is 16.3. The van der Waals surface area contributed by atoms with Gasteiger partial charge < -0.3 is 10.4 Å². The fourth-order valence-corrected chi connectivity index (χ4v) is 3.68. The van der Waals surface area contributed by atoms with Gasteiger partial charge in [0.1, 0.15) is 0 Å². The molecule has 0 radical (unpaired) electrons. The molecule has 1 aromatic carbocycles. The molecule has 0 spiro atoms. The van der Waals surface area contributed by atoms with Crippen molar-refractivity contribution in [1.82, 2.24) is 5.32 Å². The summed E-state index contributed by atoms with van der Waals surface area (Å²) in [5.41, 5.74) is -3.59. The number of carboxylic acid groups (broad SMARTS) is 1. The zero-order valence-electron chi connectivity index (χ0n) is 11.1. The van der Waals surface area contributed by atoms with Crippen LogP contribution in [0.4, 0.5) is 13.2 Å². The molecule has 0 unspecified atom stereocenters. The van der Waals surface area contributed by atoms with E-state index in [9.17, 15) is 27.9 Å². The van der Waals surface area contributed by atoms with Crippen LogP contribution in [0.5, 0.6) is 0 Å². The van der Waals surface area contributed by atoms with E-state index in [1.54, 1.807) is 0 Å². The number of benzene rings is 1. The van der Waals surface area contributed by atoms with Gasteiger partial charge in [0.2, 0.25) is 5.91 Å². The molecule has 3 rings (SSSR count). The van der Waals surface area contributed by atoms with Gasteiger partial charge in [-0.25, -0.2) is 0 Å². The minimum atomic E-state index is -4.64. The first-order valence-electron chi connectivity index (χ1n) is 6.54. The lowest BCUT2D eigenvalue weighted by Gasteiger charge is -2.28. The van der Waals surface area contributed by atoms with E-state index in [-0.39, 0.29) is 24.9 Å². The molecular weight excluding hydrogens is 323 g/mol. The number of carboxylic acids is 1. The number of carbonyl (C=O) groups is 2. The Morgan fingerprint density at radius 3 is 2.64 bits per heavy atom. The fraction of sp³-hybridized carbons (Fsp3) is 0.429. The Kier molecular flexibility index (Phi) is 3.01. The largest absolute Gasteiger partial charge is 0.480 e. The highest BCUT2D eigenvalue weighted by atomic mass is 35.5. The third-order valence-corrected chi connectivity index (χ3v) is 5.00. The van der Waals surface area contributed by atoms with Gasteiger partial charge in [0, 0.05) is 12.0 Å². The van der Waals surface area contributed by atoms with Gasteiger partial charge in [-0.3, -0.25) is 9.59 Å². The summed E-state index contributed by atoms with van der Waals surface area (Å²) in [6, 6.07) is 3.35. The minimum Gasteiger partial charge on any atom is -0.480 e. The zero-order valence-corrected chi connectivity index (χ0v) is 11.9. The highest BCUT2D eigenvalue weighted by Gasteiger charge is 2.78. The lowest BCUT2D eigenvalue weighted by Crippen LogP contribution is -2.47. The molecule has 1 aliphatic heterocycles. The molecule has 1 heterocycles. The Labute approximate surface area is 128 Å². The van der Waals surface area contributed by atoms with Crippen LogP contribution in [-0.2, 0) is 21.2 Å². The van der Waals surface area contributed by atoms with Crippen molar-refractivity contribution in [3.63, 3.8) is 0 Å². The molecule has 1 aromatic rings. The predicted molar refractivity (Wildman–Crippen MR) is 70.4 cm³/mol. The van der Waals surface area contributed by atoms with Gasteiger partial charge in [-0.2, -0.15) is 13.2 Å². The Hall–Kier alpha value is -1.76. The second-order valence-electron chi connectivity index (χ2n) is 5.67. The third-order valence-electron chi connectivity index (χ3n) is 4.67. The molecule has 1 saturated heterocycles. The van der Waals surface area contributed by atoms with Crippen molar-refractivity contribution in [2.45, 2.75) is 24.4 Å². The van der Waals surface area contributed by atoms with Crippen LogP contribution in [0.25, 0.3) is 0 Å². The van der Waals surface area contributed by atoms with E-state index in [0.29, 0.717) is 0 Å². The normalized spacial score (nSPS) is 30.5. The van der Waals surface area contributed by atoms with Crippen LogP contribution in [0.3, 0.4) is 0 Å². The molecule has 22 heavy (non-hydrogen) atoms. The van der Waals surface area contributed by atoms with E-state index in [2.05, 4.69) is 5.32 Å². The van der Waals surface area contributed by atoms with Crippen molar-refractivity contribution in [2.24, 2.45) is 5.41 Å². The second kappa shape index (κ2) is 4.38. The lowest BCUT2D eigenvalue weighted by atomic mass is 9.80. The Balaban J connectivity index is 2.12. The summed E-state index contributed by atoms with van der Waals surface area (Å²) >= 11 is 5.59. The van der Waals surface area contributed by atoms with Gasteiger partial charge in [0.05, 0.1) is 10.6 Å². The molecule has 4 nitrogen and oxygen atoms in total. The minimum absolute atomic E-state index is 0.0000954. The van der Waals surface area contributed by atoms with Crippen LogP contribution < -0.4 is 5.32 Å². The molecule has 2 aliphatic rings. The fourth-order valence-electron chi connectivity index (χ4n) is 3.46. The van der Waals surface area contributed by atoms with Crippen molar-refractivity contribution in [3.8, 4) is 0 Å². The number of rotatable bonds is 2. The molecule has 118 valence electrons. The Morgan fingerprint density at radius 1 is 1.36 bits per heavy atom. The molecule has 2 atom stereocenters. The topological polar surface area (TPSA) is 66.4 Å². The Bertz CT molecular complexity index is 690. The average molecular weight is 334 g/mol. The number of hydrogen-bond donors (Lipinski definition) is 2. The van der Waals surface area contributed by atoms with Crippen molar-refractivity contribution in [2.75, 3.05) is 6.54 Å². The van der Waals surface area contributed by atoms with E-state index in [1.807, 2.05) is 0 Å². The Morgan fingerprint density at radius 2 is 2.05 bits per heavy atom. The monoisotopic (exact) mass is 333 g/mol.